The number of aliphatic hydroxyl groups excluding tert-OH is 1. The molecule has 2 saturated heterocycles. The van der Waals surface area contributed by atoms with Gasteiger partial charge in [0.2, 0.25) is 0 Å². The van der Waals surface area contributed by atoms with Gasteiger partial charge in [0.25, 0.3) is 5.91 Å². The molecule has 11 nitrogen and oxygen atoms in total. The Balaban J connectivity index is 1.10. The van der Waals surface area contributed by atoms with E-state index in [1.165, 1.54) is 11.0 Å². The standard InChI is InChI=1S/C25H27N7O4/c1-16-17(5-6-18-19(16)14-36-24(18)35)21(33)13-30-10-7-25(8-11-30)9-12-31(25)23(34)20-3-2-4-22(27-20)32-15-26-28-29-32/h2-6,15,21,33H,7-14H2,1H3. The van der Waals surface area contributed by atoms with Crippen molar-refractivity contribution >= 4 is 11.9 Å². The SMILES string of the molecule is Cc1c(C(O)CN2CCC3(CC2)CCN3C(=O)c2cccc(-n3cnnn3)n2)ccc2c1COC2=O. The molecule has 6 rings (SSSR count). The quantitative estimate of drug-likeness (QED) is 0.530. The van der Waals surface area contributed by atoms with E-state index in [9.17, 15) is 14.7 Å². The van der Waals surface area contributed by atoms with Crippen LogP contribution in [0.25, 0.3) is 5.82 Å². The minimum atomic E-state index is -0.655. The van der Waals surface area contributed by atoms with Gasteiger partial charge in [-0.3, -0.25) is 4.79 Å². The molecule has 0 bridgehead atoms. The Morgan fingerprint density at radius 3 is 2.69 bits per heavy atom. The van der Waals surface area contributed by atoms with Crippen LogP contribution in [0.2, 0.25) is 0 Å². The summed E-state index contributed by atoms with van der Waals surface area (Å²) in [4.78, 5) is 33.8. The fraction of sp³-hybridized carbons (Fsp3) is 0.440. The second kappa shape index (κ2) is 8.75. The van der Waals surface area contributed by atoms with Crippen molar-refractivity contribution in [1.29, 1.82) is 0 Å². The van der Waals surface area contributed by atoms with E-state index < -0.39 is 6.10 Å². The number of aromatic nitrogens is 5. The molecule has 3 aliphatic heterocycles. The van der Waals surface area contributed by atoms with Crippen molar-refractivity contribution in [2.24, 2.45) is 0 Å². The van der Waals surface area contributed by atoms with Crippen LogP contribution in [0.1, 0.15) is 62.9 Å². The molecule has 2 aromatic heterocycles. The summed E-state index contributed by atoms with van der Waals surface area (Å²) < 4.78 is 6.57. The number of esters is 1. The molecule has 0 aliphatic carbocycles. The van der Waals surface area contributed by atoms with Crippen molar-refractivity contribution in [3.63, 3.8) is 0 Å². The number of cyclic esters (lactones) is 1. The summed E-state index contributed by atoms with van der Waals surface area (Å²) in [6, 6.07) is 8.86. The molecule has 11 heteroatoms. The van der Waals surface area contributed by atoms with Crippen LogP contribution in [0, 0.1) is 6.92 Å². The average molecular weight is 490 g/mol. The lowest BCUT2D eigenvalue weighted by atomic mass is 9.76. The molecule has 5 heterocycles. The lowest BCUT2D eigenvalue weighted by Gasteiger charge is -2.56. The van der Waals surface area contributed by atoms with Gasteiger partial charge in [-0.25, -0.2) is 9.78 Å². The Morgan fingerprint density at radius 1 is 1.17 bits per heavy atom. The highest BCUT2D eigenvalue weighted by Gasteiger charge is 2.49. The zero-order valence-corrected chi connectivity index (χ0v) is 20.0. The van der Waals surface area contributed by atoms with Gasteiger partial charge in [-0.05, 0) is 65.9 Å². The Morgan fingerprint density at radius 2 is 1.97 bits per heavy atom. The van der Waals surface area contributed by atoms with Crippen LogP contribution in [-0.4, -0.2) is 83.7 Å². The molecule has 3 aromatic rings. The van der Waals surface area contributed by atoms with E-state index in [2.05, 4.69) is 25.4 Å². The smallest absolute Gasteiger partial charge is 0.338 e. The van der Waals surface area contributed by atoms with Crippen molar-refractivity contribution in [3.05, 3.63) is 64.6 Å². The maximum absolute atomic E-state index is 13.3. The molecule has 1 N–H and O–H groups in total. The van der Waals surface area contributed by atoms with Crippen molar-refractivity contribution in [1.82, 2.24) is 35.0 Å². The number of amides is 1. The fourth-order valence-electron chi connectivity index (χ4n) is 5.67. The summed E-state index contributed by atoms with van der Waals surface area (Å²) >= 11 is 0. The minimum absolute atomic E-state index is 0.0739. The van der Waals surface area contributed by atoms with Crippen LogP contribution in [0.4, 0.5) is 0 Å². The second-order valence-corrected chi connectivity index (χ2v) is 9.76. The lowest BCUT2D eigenvalue weighted by Crippen LogP contribution is -2.66. The number of pyridine rings is 1. The molecular formula is C25H27N7O4. The summed E-state index contributed by atoms with van der Waals surface area (Å²) in [5, 5.41) is 22.1. The Labute approximate surface area is 207 Å². The van der Waals surface area contributed by atoms with Crippen LogP contribution in [0.15, 0.2) is 36.7 Å². The zero-order chi connectivity index (χ0) is 24.9. The van der Waals surface area contributed by atoms with E-state index >= 15 is 0 Å². The van der Waals surface area contributed by atoms with E-state index in [0.29, 0.717) is 30.2 Å². The Hall–Kier alpha value is -3.70. The number of rotatable bonds is 5. The minimum Gasteiger partial charge on any atom is -0.457 e. The number of β-amino-alcohol motifs (C(OH)–C–C–N with tert-alkyl or cyclic N) is 1. The van der Waals surface area contributed by atoms with E-state index in [4.69, 9.17) is 4.74 Å². The highest BCUT2D eigenvalue weighted by molar-refractivity contribution is 5.94. The number of likely N-dealkylation sites (tertiary alicyclic amines) is 2. The van der Waals surface area contributed by atoms with Gasteiger partial charge in [-0.2, -0.15) is 4.68 Å². The first-order valence-corrected chi connectivity index (χ1v) is 12.2. The molecule has 1 amide bonds. The third-order valence-corrected chi connectivity index (χ3v) is 7.94. The van der Waals surface area contributed by atoms with Gasteiger partial charge < -0.3 is 19.6 Å². The monoisotopic (exact) mass is 489 g/mol. The van der Waals surface area contributed by atoms with Crippen molar-refractivity contribution in [2.75, 3.05) is 26.2 Å². The molecule has 1 unspecified atom stereocenters. The summed E-state index contributed by atoms with van der Waals surface area (Å²) in [5.74, 6) is 0.129. The van der Waals surface area contributed by atoms with Gasteiger partial charge in [0.1, 0.15) is 18.6 Å². The molecule has 0 radical (unpaired) electrons. The van der Waals surface area contributed by atoms with Crippen LogP contribution in [0.5, 0.6) is 0 Å². The zero-order valence-electron chi connectivity index (χ0n) is 20.0. The van der Waals surface area contributed by atoms with Gasteiger partial charge in [-0.1, -0.05) is 12.1 Å². The van der Waals surface area contributed by atoms with Gasteiger partial charge in [-0.15, -0.1) is 5.10 Å². The van der Waals surface area contributed by atoms with Crippen LogP contribution in [0.3, 0.4) is 0 Å². The van der Waals surface area contributed by atoms with Gasteiger partial charge >= 0.3 is 5.97 Å². The molecule has 0 saturated carbocycles. The fourth-order valence-corrected chi connectivity index (χ4v) is 5.67. The van der Waals surface area contributed by atoms with Gasteiger partial charge in [0, 0.05) is 37.3 Å². The maximum atomic E-state index is 13.3. The largest absolute Gasteiger partial charge is 0.457 e. The summed E-state index contributed by atoms with van der Waals surface area (Å²) in [6.07, 6.45) is 3.47. The first-order valence-electron chi connectivity index (χ1n) is 12.2. The molecule has 3 aliphatic rings. The second-order valence-electron chi connectivity index (χ2n) is 9.76. The van der Waals surface area contributed by atoms with E-state index in [1.54, 1.807) is 24.3 Å². The predicted molar refractivity (Wildman–Crippen MR) is 126 cm³/mol. The number of aliphatic hydroxyl groups is 1. The van der Waals surface area contributed by atoms with Gasteiger partial charge in [0.05, 0.1) is 11.7 Å². The number of hydrogen-bond acceptors (Lipinski definition) is 9. The highest BCUT2D eigenvalue weighted by Crippen LogP contribution is 2.41. The third-order valence-electron chi connectivity index (χ3n) is 7.94. The molecule has 186 valence electrons. The summed E-state index contributed by atoms with van der Waals surface area (Å²) in [5.41, 5.74) is 3.44. The number of carbonyl (C=O) groups is 2. The molecule has 1 spiro atoms. The highest BCUT2D eigenvalue weighted by atomic mass is 16.5. The molecular weight excluding hydrogens is 462 g/mol. The number of fused-ring (bicyclic) bond motifs is 1. The predicted octanol–water partition coefficient (Wildman–Crippen LogP) is 1.45. The molecule has 2 fully saturated rings. The van der Waals surface area contributed by atoms with Crippen molar-refractivity contribution in [3.8, 4) is 5.82 Å². The molecule has 1 atom stereocenters. The topological polar surface area (TPSA) is 127 Å². The number of hydrogen-bond donors (Lipinski definition) is 1. The number of nitrogens with zero attached hydrogens (tertiary/aromatic N) is 7. The van der Waals surface area contributed by atoms with Crippen LogP contribution < -0.4 is 0 Å². The lowest BCUT2D eigenvalue weighted by molar-refractivity contribution is -0.0443. The van der Waals surface area contributed by atoms with Crippen LogP contribution >= 0.6 is 0 Å². The normalized spacial score (nSPS) is 19.6. The number of benzene rings is 1. The number of ether oxygens (including phenoxy) is 1. The van der Waals surface area contributed by atoms with Gasteiger partial charge in [0.15, 0.2) is 5.82 Å². The Bertz CT molecular complexity index is 1320. The number of tetrazole rings is 1. The average Bonchev–Trinajstić information content (AvgIpc) is 3.55. The first kappa shape index (κ1) is 22.7. The third kappa shape index (κ3) is 3.75. The Kier molecular flexibility index (Phi) is 5.53. The van der Waals surface area contributed by atoms with E-state index in [1.807, 2.05) is 17.9 Å². The summed E-state index contributed by atoms with van der Waals surface area (Å²) in [6.45, 7) is 5.02. The maximum Gasteiger partial charge on any atom is 0.338 e. The van der Waals surface area contributed by atoms with Crippen molar-refractivity contribution < 1.29 is 19.4 Å². The van der Waals surface area contributed by atoms with E-state index in [0.717, 1.165) is 49.0 Å². The summed E-state index contributed by atoms with van der Waals surface area (Å²) in [7, 11) is 0. The number of piperidine rings is 1. The first-order chi connectivity index (χ1) is 17.4. The van der Waals surface area contributed by atoms with E-state index in [-0.39, 0.29) is 24.0 Å². The molecule has 36 heavy (non-hydrogen) atoms. The number of carbonyl (C=O) groups excluding carboxylic acids is 2. The van der Waals surface area contributed by atoms with Crippen LogP contribution in [-0.2, 0) is 11.3 Å². The van der Waals surface area contributed by atoms with Crippen molar-refractivity contribution in [2.45, 2.75) is 44.4 Å². The molecule has 1 aromatic carbocycles.